The molecule has 2 aromatic rings. The van der Waals surface area contributed by atoms with Crippen molar-refractivity contribution in [2.24, 2.45) is 0 Å². The van der Waals surface area contributed by atoms with Crippen LogP contribution in [0.1, 0.15) is 10.5 Å². The van der Waals surface area contributed by atoms with E-state index in [2.05, 4.69) is 4.52 Å². The Morgan fingerprint density at radius 2 is 1.88 bits per heavy atom. The zero-order chi connectivity index (χ0) is 11.7. The van der Waals surface area contributed by atoms with Gasteiger partial charge in [0.15, 0.2) is 5.69 Å². The SMILES string of the molecule is O=C(O)c1[nH]oc(=O)c1-c1ccc(O)cc1. The van der Waals surface area contributed by atoms with E-state index in [0.29, 0.717) is 5.56 Å². The number of phenolic OH excluding ortho intramolecular Hbond substituents is 1. The molecule has 0 atom stereocenters. The van der Waals surface area contributed by atoms with E-state index >= 15 is 0 Å². The minimum Gasteiger partial charge on any atom is -0.508 e. The van der Waals surface area contributed by atoms with Gasteiger partial charge < -0.3 is 14.7 Å². The normalized spacial score (nSPS) is 10.2. The number of rotatable bonds is 2. The molecule has 0 bridgehead atoms. The zero-order valence-corrected chi connectivity index (χ0v) is 7.93. The fourth-order valence-corrected chi connectivity index (χ4v) is 1.34. The summed E-state index contributed by atoms with van der Waals surface area (Å²) in [5.41, 5.74) is -0.767. The Bertz CT molecular complexity index is 578. The molecule has 1 heterocycles. The highest BCUT2D eigenvalue weighted by molar-refractivity contribution is 5.93. The molecule has 0 unspecified atom stereocenters. The number of nitrogens with one attached hydrogen (secondary N) is 1. The van der Waals surface area contributed by atoms with E-state index in [1.807, 2.05) is 5.16 Å². The van der Waals surface area contributed by atoms with Gasteiger partial charge in [-0.15, -0.1) is 0 Å². The maximum Gasteiger partial charge on any atom is 0.365 e. The Hall–Kier alpha value is -2.50. The highest BCUT2D eigenvalue weighted by Gasteiger charge is 2.19. The summed E-state index contributed by atoms with van der Waals surface area (Å²) in [6.07, 6.45) is 0. The molecule has 0 aliphatic carbocycles. The molecule has 0 spiro atoms. The minimum absolute atomic E-state index is 0.0283. The second kappa shape index (κ2) is 3.58. The van der Waals surface area contributed by atoms with E-state index in [1.165, 1.54) is 24.3 Å². The van der Waals surface area contributed by atoms with E-state index < -0.39 is 11.6 Å². The molecule has 2 rings (SSSR count). The number of H-pyrrole nitrogens is 1. The second-order valence-electron chi connectivity index (χ2n) is 3.09. The summed E-state index contributed by atoms with van der Waals surface area (Å²) in [5.74, 6) is -1.26. The molecule has 1 aromatic carbocycles. The average molecular weight is 221 g/mol. The summed E-state index contributed by atoms with van der Waals surface area (Å²) in [6, 6.07) is 5.57. The van der Waals surface area contributed by atoms with Crippen LogP contribution in [0.2, 0.25) is 0 Å². The molecule has 16 heavy (non-hydrogen) atoms. The zero-order valence-electron chi connectivity index (χ0n) is 7.93. The van der Waals surface area contributed by atoms with Gasteiger partial charge in [0.1, 0.15) is 11.3 Å². The van der Waals surface area contributed by atoms with E-state index in [1.54, 1.807) is 0 Å². The van der Waals surface area contributed by atoms with E-state index in [0.717, 1.165) is 0 Å². The van der Waals surface area contributed by atoms with Gasteiger partial charge in [-0.1, -0.05) is 12.1 Å². The van der Waals surface area contributed by atoms with Gasteiger partial charge in [0.25, 0.3) is 0 Å². The predicted molar refractivity (Wildman–Crippen MR) is 53.4 cm³/mol. The molecule has 0 fully saturated rings. The Morgan fingerprint density at radius 1 is 1.25 bits per heavy atom. The van der Waals surface area contributed by atoms with Crippen molar-refractivity contribution in [3.63, 3.8) is 0 Å². The lowest BCUT2D eigenvalue weighted by atomic mass is 10.1. The van der Waals surface area contributed by atoms with Crippen molar-refractivity contribution < 1.29 is 19.5 Å². The largest absolute Gasteiger partial charge is 0.508 e. The lowest BCUT2D eigenvalue weighted by molar-refractivity contribution is 0.0686. The summed E-state index contributed by atoms with van der Waals surface area (Å²) >= 11 is 0. The van der Waals surface area contributed by atoms with Crippen LogP contribution in [-0.2, 0) is 0 Å². The Morgan fingerprint density at radius 3 is 2.44 bits per heavy atom. The number of carboxylic acid groups (broad SMARTS) is 1. The van der Waals surface area contributed by atoms with Gasteiger partial charge in [-0.25, -0.2) is 14.7 Å². The molecule has 6 nitrogen and oxygen atoms in total. The van der Waals surface area contributed by atoms with Gasteiger partial charge in [0.2, 0.25) is 0 Å². The maximum absolute atomic E-state index is 11.3. The third-order valence-electron chi connectivity index (χ3n) is 2.07. The number of phenols is 1. The first kappa shape index (κ1) is 10.0. The second-order valence-corrected chi connectivity index (χ2v) is 3.09. The van der Waals surface area contributed by atoms with Crippen molar-refractivity contribution in [1.82, 2.24) is 5.16 Å². The summed E-state index contributed by atoms with van der Waals surface area (Å²) in [7, 11) is 0. The topological polar surface area (TPSA) is 104 Å². The number of aromatic amines is 1. The summed E-state index contributed by atoms with van der Waals surface area (Å²) in [4.78, 5) is 22.1. The van der Waals surface area contributed by atoms with Crippen molar-refractivity contribution in [3.05, 3.63) is 40.4 Å². The lowest BCUT2D eigenvalue weighted by Gasteiger charge is -1.97. The monoisotopic (exact) mass is 221 g/mol. The smallest absolute Gasteiger partial charge is 0.365 e. The molecule has 82 valence electrons. The molecule has 0 amide bonds. The van der Waals surface area contributed by atoms with E-state index in [4.69, 9.17) is 10.2 Å². The van der Waals surface area contributed by atoms with Crippen LogP contribution in [0.3, 0.4) is 0 Å². The van der Waals surface area contributed by atoms with Gasteiger partial charge in [-0.2, -0.15) is 0 Å². The van der Waals surface area contributed by atoms with Gasteiger partial charge in [-0.05, 0) is 17.7 Å². The van der Waals surface area contributed by atoms with Crippen molar-refractivity contribution in [1.29, 1.82) is 0 Å². The van der Waals surface area contributed by atoms with Gasteiger partial charge in [0, 0.05) is 0 Å². The number of aromatic nitrogens is 1. The number of hydrogen-bond donors (Lipinski definition) is 3. The summed E-state index contributed by atoms with van der Waals surface area (Å²) < 4.78 is 4.42. The van der Waals surface area contributed by atoms with Gasteiger partial charge in [-0.3, -0.25) is 0 Å². The van der Waals surface area contributed by atoms with Crippen LogP contribution < -0.4 is 5.63 Å². The average Bonchev–Trinajstić information content (AvgIpc) is 2.62. The summed E-state index contributed by atoms with van der Waals surface area (Å²) in [6.45, 7) is 0. The van der Waals surface area contributed by atoms with Crippen LogP contribution in [0.15, 0.2) is 33.6 Å². The fourth-order valence-electron chi connectivity index (χ4n) is 1.34. The van der Waals surface area contributed by atoms with Crippen LogP contribution in [0, 0.1) is 0 Å². The number of aromatic carboxylic acids is 1. The lowest BCUT2D eigenvalue weighted by Crippen LogP contribution is -2.03. The Kier molecular flexibility index (Phi) is 2.24. The molecule has 0 saturated carbocycles. The molecular formula is C10H7NO5. The highest BCUT2D eigenvalue weighted by atomic mass is 16.5. The molecular weight excluding hydrogens is 214 g/mol. The summed E-state index contributed by atoms with van der Waals surface area (Å²) in [5, 5.41) is 19.9. The third kappa shape index (κ3) is 1.56. The quantitative estimate of drug-likeness (QED) is 0.702. The molecule has 1 aromatic heterocycles. The molecule has 0 aliphatic heterocycles. The third-order valence-corrected chi connectivity index (χ3v) is 2.07. The number of carbonyl (C=O) groups is 1. The van der Waals surface area contributed by atoms with Crippen molar-refractivity contribution in [3.8, 4) is 16.9 Å². The first-order chi connectivity index (χ1) is 7.59. The maximum atomic E-state index is 11.3. The molecule has 3 N–H and O–H groups in total. The van der Waals surface area contributed by atoms with Crippen LogP contribution in [-0.4, -0.2) is 21.3 Å². The standard InChI is InChI=1S/C10H7NO5/c12-6-3-1-5(2-4-6)7-8(9(13)14)11-16-10(7)15/h1-4,11-12H,(H,13,14). The Balaban J connectivity index is 2.63. The number of aromatic hydroxyl groups is 1. The molecule has 0 radical (unpaired) electrons. The van der Waals surface area contributed by atoms with Gasteiger partial charge in [0.05, 0.1) is 0 Å². The van der Waals surface area contributed by atoms with Crippen LogP contribution >= 0.6 is 0 Å². The van der Waals surface area contributed by atoms with Crippen molar-refractivity contribution in [2.75, 3.05) is 0 Å². The number of carboxylic acids is 1. The first-order valence-electron chi connectivity index (χ1n) is 4.34. The van der Waals surface area contributed by atoms with E-state index in [9.17, 15) is 9.59 Å². The van der Waals surface area contributed by atoms with Gasteiger partial charge >= 0.3 is 11.6 Å². The van der Waals surface area contributed by atoms with E-state index in [-0.39, 0.29) is 17.0 Å². The van der Waals surface area contributed by atoms with Crippen LogP contribution in [0.5, 0.6) is 5.75 Å². The first-order valence-corrected chi connectivity index (χ1v) is 4.34. The molecule has 0 saturated heterocycles. The number of hydrogen-bond acceptors (Lipinski definition) is 4. The van der Waals surface area contributed by atoms with Crippen LogP contribution in [0.4, 0.5) is 0 Å². The minimum atomic E-state index is -1.28. The van der Waals surface area contributed by atoms with Crippen molar-refractivity contribution >= 4 is 5.97 Å². The Labute approximate surface area is 88.7 Å². The van der Waals surface area contributed by atoms with Crippen LogP contribution in [0.25, 0.3) is 11.1 Å². The molecule has 0 aliphatic rings. The predicted octanol–water partition coefficient (Wildman–Crippen LogP) is 1.04. The number of benzene rings is 1. The highest BCUT2D eigenvalue weighted by Crippen LogP contribution is 2.21. The fraction of sp³-hybridized carbons (Fsp3) is 0. The molecule has 6 heteroatoms. The van der Waals surface area contributed by atoms with Crippen molar-refractivity contribution in [2.45, 2.75) is 0 Å².